The number of nitrogens with zero attached hydrogens (tertiary/aromatic N) is 2. The van der Waals surface area contributed by atoms with Crippen molar-refractivity contribution in [2.45, 2.75) is 11.3 Å². The van der Waals surface area contributed by atoms with E-state index < -0.39 is 40.5 Å². The topological polar surface area (TPSA) is 99.4 Å². The second-order valence-corrected chi connectivity index (χ2v) is 6.40. The number of aromatic nitrogens is 1. The molecule has 0 atom stereocenters. The maximum absolute atomic E-state index is 12.1. The van der Waals surface area contributed by atoms with E-state index in [0.717, 1.165) is 0 Å². The molecule has 0 radical (unpaired) electrons. The maximum Gasteiger partial charge on any atom is 0.574 e. The van der Waals surface area contributed by atoms with Gasteiger partial charge >= 0.3 is 12.0 Å². The lowest BCUT2D eigenvalue weighted by molar-refractivity contribution is -0.386. The van der Waals surface area contributed by atoms with E-state index in [4.69, 9.17) is 10.7 Å². The zero-order valence-electron chi connectivity index (χ0n) is 8.31. The maximum atomic E-state index is 12.1. The number of hydrogen-bond acceptors (Lipinski definition) is 6. The van der Waals surface area contributed by atoms with Crippen molar-refractivity contribution in [3.63, 3.8) is 0 Å². The van der Waals surface area contributed by atoms with E-state index in [9.17, 15) is 31.7 Å². The number of nitro groups is 1. The molecule has 0 bridgehead atoms. The molecule has 7 nitrogen and oxygen atoms in total. The number of pyridine rings is 1. The summed E-state index contributed by atoms with van der Waals surface area (Å²) in [5, 5.41) is 10.6. The quantitative estimate of drug-likeness (QED) is 0.239. The molecule has 0 aliphatic heterocycles. The molecular formula is C6HClF3IN2O5S. The second-order valence-electron chi connectivity index (χ2n) is 2.84. The summed E-state index contributed by atoms with van der Waals surface area (Å²) in [4.78, 5) is 11.4. The Balaban J connectivity index is 3.55. The highest BCUT2D eigenvalue weighted by Gasteiger charge is 2.36. The smallest absolute Gasteiger partial charge is 0.386 e. The van der Waals surface area contributed by atoms with E-state index in [1.165, 1.54) is 22.6 Å². The third-order valence-electron chi connectivity index (χ3n) is 1.56. The Hall–Kier alpha value is -0.890. The van der Waals surface area contributed by atoms with Gasteiger partial charge in [0.05, 0.1) is 4.92 Å². The average Bonchev–Trinajstić information content (AvgIpc) is 2.11. The van der Waals surface area contributed by atoms with Crippen LogP contribution in [0.1, 0.15) is 0 Å². The fourth-order valence-electron chi connectivity index (χ4n) is 0.932. The number of alkyl halides is 3. The van der Waals surface area contributed by atoms with E-state index in [1.807, 2.05) is 0 Å². The molecule has 0 N–H and O–H groups in total. The number of hydrogen-bond donors (Lipinski definition) is 0. The minimum atomic E-state index is -5.22. The minimum absolute atomic E-state index is 0.345. The summed E-state index contributed by atoms with van der Waals surface area (Å²) in [6, 6.07) is 0.345. The van der Waals surface area contributed by atoms with Crippen molar-refractivity contribution in [2.75, 3.05) is 0 Å². The molecule has 0 spiro atoms. The van der Waals surface area contributed by atoms with Gasteiger partial charge in [-0.1, -0.05) is 0 Å². The van der Waals surface area contributed by atoms with Crippen LogP contribution in [0.3, 0.4) is 0 Å². The Bertz CT molecular complexity index is 634. The molecule has 0 aliphatic carbocycles. The largest absolute Gasteiger partial charge is 0.574 e. The van der Waals surface area contributed by atoms with Crippen molar-refractivity contribution in [3.8, 4) is 5.88 Å². The predicted octanol–water partition coefficient (Wildman–Crippen LogP) is 2.42. The first-order valence-electron chi connectivity index (χ1n) is 3.97. The lowest BCUT2D eigenvalue weighted by Gasteiger charge is -2.10. The molecule has 1 rings (SSSR count). The summed E-state index contributed by atoms with van der Waals surface area (Å²) in [5.74, 6) is -1.38. The fraction of sp³-hybridized carbons (Fsp3) is 0.167. The second kappa shape index (κ2) is 5.24. The molecule has 1 aromatic rings. The van der Waals surface area contributed by atoms with Crippen LogP contribution in [-0.4, -0.2) is 24.7 Å². The highest BCUT2D eigenvalue weighted by atomic mass is 127. The van der Waals surface area contributed by atoms with Gasteiger partial charge in [0.2, 0.25) is 5.88 Å². The minimum Gasteiger partial charge on any atom is -0.386 e. The standard InChI is InChI=1S/C6HClF3IN2O5S/c7-19(16,17)3-1-2(13(14)15)4(11)12-5(3)18-6(8,9)10/h1H. The molecule has 0 aromatic carbocycles. The molecule has 0 amide bonds. The van der Waals surface area contributed by atoms with E-state index in [0.29, 0.717) is 6.07 Å². The number of rotatable bonds is 3. The van der Waals surface area contributed by atoms with Crippen LogP contribution in [0.15, 0.2) is 11.0 Å². The van der Waals surface area contributed by atoms with Gasteiger partial charge in [-0.05, 0) is 22.6 Å². The Kier molecular flexibility index (Phi) is 4.46. The summed E-state index contributed by atoms with van der Waals surface area (Å²) in [6.07, 6.45) is -5.22. The van der Waals surface area contributed by atoms with Gasteiger partial charge in [-0.3, -0.25) is 10.1 Å². The number of ether oxygens (including phenoxy) is 1. The molecule has 0 saturated carbocycles. The molecule has 19 heavy (non-hydrogen) atoms. The van der Waals surface area contributed by atoms with Crippen molar-refractivity contribution in [3.05, 3.63) is 19.9 Å². The van der Waals surface area contributed by atoms with Crippen LogP contribution in [0.25, 0.3) is 0 Å². The molecule has 106 valence electrons. The zero-order chi connectivity index (χ0) is 15.0. The van der Waals surface area contributed by atoms with Gasteiger partial charge in [-0.25, -0.2) is 8.42 Å². The zero-order valence-corrected chi connectivity index (χ0v) is 12.0. The predicted molar refractivity (Wildman–Crippen MR) is 63.3 cm³/mol. The Labute approximate surface area is 121 Å². The van der Waals surface area contributed by atoms with Crippen molar-refractivity contribution in [2.24, 2.45) is 0 Å². The lowest BCUT2D eigenvalue weighted by atomic mass is 10.4. The van der Waals surface area contributed by atoms with Gasteiger partial charge in [-0.2, -0.15) is 4.98 Å². The fourth-order valence-corrected chi connectivity index (χ4v) is 2.38. The van der Waals surface area contributed by atoms with Gasteiger partial charge in [0.15, 0.2) is 8.60 Å². The van der Waals surface area contributed by atoms with Gasteiger partial charge in [0.25, 0.3) is 9.05 Å². The van der Waals surface area contributed by atoms with Crippen molar-refractivity contribution < 1.29 is 31.2 Å². The highest BCUT2D eigenvalue weighted by Crippen LogP contribution is 2.34. The first-order chi connectivity index (χ1) is 8.42. The van der Waals surface area contributed by atoms with Crippen molar-refractivity contribution >= 4 is 48.0 Å². The van der Waals surface area contributed by atoms with Crippen molar-refractivity contribution in [1.29, 1.82) is 0 Å². The monoisotopic (exact) mass is 432 g/mol. The van der Waals surface area contributed by atoms with Gasteiger partial charge in [-0.15, -0.1) is 13.2 Å². The molecule has 0 fully saturated rings. The SMILES string of the molecule is O=[N+]([O-])c1cc(S(=O)(=O)Cl)c(OC(F)(F)F)nc1I. The summed E-state index contributed by atoms with van der Waals surface area (Å²) in [7, 11) is 0.180. The van der Waals surface area contributed by atoms with Gasteiger partial charge in [0.1, 0.15) is 0 Å². The molecule has 1 aromatic heterocycles. The number of halogens is 5. The average molecular weight is 433 g/mol. The first kappa shape index (κ1) is 16.2. The van der Waals surface area contributed by atoms with Crippen LogP contribution in [0.4, 0.5) is 18.9 Å². The third kappa shape index (κ3) is 4.31. The highest BCUT2D eigenvalue weighted by molar-refractivity contribution is 14.1. The molecule has 13 heteroatoms. The molecule has 0 saturated heterocycles. The third-order valence-corrected chi connectivity index (χ3v) is 3.67. The van der Waals surface area contributed by atoms with Crippen LogP contribution < -0.4 is 4.74 Å². The molecule has 0 aliphatic rings. The normalized spacial score (nSPS) is 12.3. The summed E-state index contributed by atoms with van der Waals surface area (Å²) in [6.45, 7) is 0. The van der Waals surface area contributed by atoms with Crippen molar-refractivity contribution in [1.82, 2.24) is 4.98 Å². The Morgan fingerprint density at radius 2 is 2.00 bits per heavy atom. The van der Waals surface area contributed by atoms with E-state index in [2.05, 4.69) is 9.72 Å². The van der Waals surface area contributed by atoms with Crippen LogP contribution in [0.2, 0.25) is 0 Å². The van der Waals surface area contributed by atoms with E-state index >= 15 is 0 Å². The van der Waals surface area contributed by atoms with E-state index in [1.54, 1.807) is 0 Å². The molecule has 1 heterocycles. The summed E-state index contributed by atoms with van der Waals surface area (Å²) < 4.78 is 61.2. The molecule has 0 unspecified atom stereocenters. The van der Waals surface area contributed by atoms with E-state index in [-0.39, 0.29) is 0 Å². The van der Waals surface area contributed by atoms with Crippen LogP contribution in [-0.2, 0) is 9.05 Å². The summed E-state index contributed by atoms with van der Waals surface area (Å²) >= 11 is 1.26. The van der Waals surface area contributed by atoms with Crippen LogP contribution in [0, 0.1) is 13.8 Å². The van der Waals surface area contributed by atoms with Crippen LogP contribution in [0.5, 0.6) is 5.88 Å². The van der Waals surface area contributed by atoms with Gasteiger partial charge in [0, 0.05) is 16.7 Å². The molecular weight excluding hydrogens is 431 g/mol. The Morgan fingerprint density at radius 1 is 1.47 bits per heavy atom. The first-order valence-corrected chi connectivity index (χ1v) is 7.36. The Morgan fingerprint density at radius 3 is 2.37 bits per heavy atom. The van der Waals surface area contributed by atoms with Gasteiger partial charge < -0.3 is 4.74 Å². The summed E-state index contributed by atoms with van der Waals surface area (Å²) in [5.41, 5.74) is -0.811. The van der Waals surface area contributed by atoms with Crippen LogP contribution >= 0.6 is 33.3 Å². The lowest BCUT2D eigenvalue weighted by Crippen LogP contribution is -2.20.